The van der Waals surface area contributed by atoms with E-state index in [9.17, 15) is 4.79 Å². The zero-order valence-electron chi connectivity index (χ0n) is 10.5. The van der Waals surface area contributed by atoms with E-state index >= 15 is 0 Å². The standard InChI is InChI=1S/C13H15N3O2S/c1-2-3-11-12(18)15-13(19-11)16-14-8-9-4-6-10(17)7-5-9/h4-8,11,17H,2-3H2,1H3,(H,15,16,18)/b14-8+/t11-/m1/s1. The normalized spacial score (nSPS) is 21.2. The molecule has 1 fully saturated rings. The number of amides is 1. The van der Waals surface area contributed by atoms with Crippen LogP contribution in [0, 0.1) is 0 Å². The van der Waals surface area contributed by atoms with Crippen LogP contribution in [0.4, 0.5) is 0 Å². The third kappa shape index (κ3) is 3.82. The number of nitrogens with zero attached hydrogens (tertiary/aromatic N) is 2. The lowest BCUT2D eigenvalue weighted by atomic mass is 10.2. The van der Waals surface area contributed by atoms with E-state index in [1.54, 1.807) is 30.5 Å². The summed E-state index contributed by atoms with van der Waals surface area (Å²) in [5.74, 6) is 0.218. The zero-order chi connectivity index (χ0) is 13.7. The van der Waals surface area contributed by atoms with Crippen molar-refractivity contribution in [1.29, 1.82) is 0 Å². The molecule has 1 heterocycles. The molecular weight excluding hydrogens is 262 g/mol. The number of hydrogen-bond donors (Lipinski definition) is 2. The predicted octanol–water partition coefficient (Wildman–Crippen LogP) is 2.11. The number of amidine groups is 1. The average Bonchev–Trinajstić information content (AvgIpc) is 2.73. The highest BCUT2D eigenvalue weighted by Crippen LogP contribution is 2.23. The van der Waals surface area contributed by atoms with Gasteiger partial charge >= 0.3 is 0 Å². The topological polar surface area (TPSA) is 74.1 Å². The summed E-state index contributed by atoms with van der Waals surface area (Å²) in [6.07, 6.45) is 3.39. The first-order valence-corrected chi connectivity index (χ1v) is 6.94. The molecule has 0 aliphatic carbocycles. The van der Waals surface area contributed by atoms with Crippen LogP contribution < -0.4 is 5.32 Å². The van der Waals surface area contributed by atoms with Gasteiger partial charge in [-0.1, -0.05) is 25.1 Å². The molecule has 1 aromatic carbocycles. The molecule has 5 nitrogen and oxygen atoms in total. The number of nitrogens with one attached hydrogen (secondary N) is 1. The number of rotatable bonds is 4. The van der Waals surface area contributed by atoms with Crippen molar-refractivity contribution in [3.8, 4) is 5.75 Å². The van der Waals surface area contributed by atoms with Crippen LogP contribution in [0.2, 0.25) is 0 Å². The van der Waals surface area contributed by atoms with E-state index in [0.717, 1.165) is 18.4 Å². The number of phenols is 1. The van der Waals surface area contributed by atoms with Gasteiger partial charge in [-0.15, -0.1) is 5.10 Å². The van der Waals surface area contributed by atoms with Gasteiger partial charge in [0.25, 0.3) is 0 Å². The van der Waals surface area contributed by atoms with Gasteiger partial charge < -0.3 is 10.4 Å². The van der Waals surface area contributed by atoms with Crippen LogP contribution >= 0.6 is 11.8 Å². The summed E-state index contributed by atoms with van der Waals surface area (Å²) in [6.45, 7) is 2.05. The van der Waals surface area contributed by atoms with Crippen LogP contribution in [0.15, 0.2) is 34.5 Å². The Balaban J connectivity index is 1.96. The molecule has 0 saturated carbocycles. The maximum Gasteiger partial charge on any atom is 0.239 e. The molecule has 0 radical (unpaired) electrons. The van der Waals surface area contributed by atoms with Gasteiger partial charge in [0.1, 0.15) is 5.75 Å². The van der Waals surface area contributed by atoms with E-state index in [0.29, 0.717) is 5.17 Å². The number of benzene rings is 1. The molecule has 0 aromatic heterocycles. The van der Waals surface area contributed by atoms with Crippen molar-refractivity contribution in [3.05, 3.63) is 29.8 Å². The van der Waals surface area contributed by atoms with Crippen LogP contribution in [0.3, 0.4) is 0 Å². The highest BCUT2D eigenvalue weighted by atomic mass is 32.2. The molecule has 0 unspecified atom stereocenters. The van der Waals surface area contributed by atoms with Crippen molar-refractivity contribution < 1.29 is 9.90 Å². The minimum atomic E-state index is -0.0485. The van der Waals surface area contributed by atoms with Crippen LogP contribution in [-0.4, -0.2) is 27.6 Å². The van der Waals surface area contributed by atoms with Gasteiger partial charge in [0.2, 0.25) is 5.91 Å². The average molecular weight is 277 g/mol. The molecule has 19 heavy (non-hydrogen) atoms. The Kier molecular flexibility index (Phi) is 4.57. The molecule has 1 aliphatic rings. The second kappa shape index (κ2) is 6.38. The Hall–Kier alpha value is -1.82. The van der Waals surface area contributed by atoms with Crippen LogP contribution in [0.25, 0.3) is 0 Å². The van der Waals surface area contributed by atoms with Crippen LogP contribution in [-0.2, 0) is 4.79 Å². The maximum atomic E-state index is 11.6. The zero-order valence-corrected chi connectivity index (χ0v) is 11.4. The highest BCUT2D eigenvalue weighted by Gasteiger charge is 2.29. The van der Waals surface area contributed by atoms with Crippen molar-refractivity contribution in [2.24, 2.45) is 10.2 Å². The largest absolute Gasteiger partial charge is 0.508 e. The molecule has 1 atom stereocenters. The number of aromatic hydroxyl groups is 1. The summed E-state index contributed by atoms with van der Waals surface area (Å²) in [7, 11) is 0. The molecule has 0 spiro atoms. The minimum Gasteiger partial charge on any atom is -0.508 e. The van der Waals surface area contributed by atoms with Crippen molar-refractivity contribution >= 4 is 29.1 Å². The summed E-state index contributed by atoms with van der Waals surface area (Å²) < 4.78 is 0. The number of thioether (sulfide) groups is 1. The van der Waals surface area contributed by atoms with E-state index in [2.05, 4.69) is 15.5 Å². The van der Waals surface area contributed by atoms with Crippen molar-refractivity contribution in [2.45, 2.75) is 25.0 Å². The van der Waals surface area contributed by atoms with E-state index in [1.165, 1.54) is 11.8 Å². The molecule has 0 bridgehead atoms. The molecule has 2 rings (SSSR count). The fraction of sp³-hybridized carbons (Fsp3) is 0.308. The quantitative estimate of drug-likeness (QED) is 0.654. The van der Waals surface area contributed by atoms with E-state index in [1.807, 2.05) is 6.92 Å². The molecule has 100 valence electrons. The summed E-state index contributed by atoms with van der Waals surface area (Å²) in [5, 5.41) is 20.2. The summed E-state index contributed by atoms with van der Waals surface area (Å²) in [4.78, 5) is 11.6. The lowest BCUT2D eigenvalue weighted by Crippen LogP contribution is -2.24. The number of carbonyl (C=O) groups is 1. The molecule has 2 N–H and O–H groups in total. The summed E-state index contributed by atoms with van der Waals surface area (Å²) in [6, 6.07) is 6.63. The number of phenolic OH excluding ortho intramolecular Hbond substituents is 1. The van der Waals surface area contributed by atoms with Gasteiger partial charge in [-0.2, -0.15) is 5.10 Å². The van der Waals surface area contributed by atoms with Crippen molar-refractivity contribution in [1.82, 2.24) is 5.32 Å². The van der Waals surface area contributed by atoms with E-state index in [4.69, 9.17) is 5.11 Å². The second-order valence-electron chi connectivity index (χ2n) is 4.13. The van der Waals surface area contributed by atoms with Crippen LogP contribution in [0.5, 0.6) is 5.75 Å². The number of hydrogen-bond acceptors (Lipinski definition) is 5. The van der Waals surface area contributed by atoms with Gasteiger partial charge in [-0.3, -0.25) is 4.79 Å². The fourth-order valence-corrected chi connectivity index (χ4v) is 2.66. The molecule has 1 saturated heterocycles. The van der Waals surface area contributed by atoms with Crippen molar-refractivity contribution in [2.75, 3.05) is 0 Å². The fourth-order valence-electron chi connectivity index (χ4n) is 1.61. The molecular formula is C13H15N3O2S. The molecule has 1 aliphatic heterocycles. The monoisotopic (exact) mass is 277 g/mol. The Bertz CT molecular complexity index is 511. The van der Waals surface area contributed by atoms with Gasteiger partial charge in [0, 0.05) is 0 Å². The number of carbonyl (C=O) groups excluding carboxylic acids is 1. The summed E-state index contributed by atoms with van der Waals surface area (Å²) in [5.41, 5.74) is 0.835. The predicted molar refractivity (Wildman–Crippen MR) is 77.6 cm³/mol. The van der Waals surface area contributed by atoms with E-state index in [-0.39, 0.29) is 16.9 Å². The van der Waals surface area contributed by atoms with Crippen LogP contribution in [0.1, 0.15) is 25.3 Å². The van der Waals surface area contributed by atoms with E-state index < -0.39 is 0 Å². The first kappa shape index (κ1) is 13.6. The SMILES string of the molecule is CCC[C@H]1S/C(=N\N=C\c2ccc(O)cc2)NC1=O. The lowest BCUT2D eigenvalue weighted by Gasteiger charge is -1.99. The highest BCUT2D eigenvalue weighted by molar-refractivity contribution is 8.15. The van der Waals surface area contributed by atoms with Gasteiger partial charge in [-0.05, 0) is 36.2 Å². The lowest BCUT2D eigenvalue weighted by molar-refractivity contribution is -0.118. The third-order valence-corrected chi connectivity index (χ3v) is 3.72. The minimum absolute atomic E-state index is 0.00503. The second-order valence-corrected chi connectivity index (χ2v) is 5.32. The van der Waals surface area contributed by atoms with Crippen molar-refractivity contribution in [3.63, 3.8) is 0 Å². The Morgan fingerprint density at radius 2 is 2.16 bits per heavy atom. The first-order chi connectivity index (χ1) is 9.19. The third-order valence-electron chi connectivity index (χ3n) is 2.58. The first-order valence-electron chi connectivity index (χ1n) is 6.06. The molecule has 1 amide bonds. The summed E-state index contributed by atoms with van der Waals surface area (Å²) >= 11 is 1.42. The van der Waals surface area contributed by atoms with Gasteiger partial charge in [-0.25, -0.2) is 0 Å². The Morgan fingerprint density at radius 1 is 1.42 bits per heavy atom. The Labute approximate surface area is 115 Å². The maximum absolute atomic E-state index is 11.6. The van der Waals surface area contributed by atoms with Gasteiger partial charge in [0.05, 0.1) is 11.5 Å². The molecule has 1 aromatic rings. The smallest absolute Gasteiger partial charge is 0.239 e. The molecule has 6 heteroatoms. The van der Waals surface area contributed by atoms with Gasteiger partial charge in [0.15, 0.2) is 5.17 Å². The Morgan fingerprint density at radius 3 is 2.84 bits per heavy atom.